The lowest BCUT2D eigenvalue weighted by molar-refractivity contribution is 0.747. The van der Waals surface area contributed by atoms with Gasteiger partial charge >= 0.3 is 0 Å². The lowest BCUT2D eigenvalue weighted by atomic mass is 10.3. The van der Waals surface area contributed by atoms with Crippen molar-refractivity contribution in [1.82, 2.24) is 9.55 Å². The van der Waals surface area contributed by atoms with Crippen LogP contribution in [0.25, 0.3) is 0 Å². The first-order valence-corrected chi connectivity index (χ1v) is 6.47. The van der Waals surface area contributed by atoms with Crippen molar-refractivity contribution in [1.29, 1.82) is 0 Å². The molecule has 1 aromatic heterocycles. The molecule has 4 nitrogen and oxygen atoms in total. The maximum atomic E-state index is 4.66. The van der Waals surface area contributed by atoms with E-state index in [0.29, 0.717) is 0 Å². The second-order valence-corrected chi connectivity index (χ2v) is 4.38. The number of rotatable bonds is 3. The van der Waals surface area contributed by atoms with Gasteiger partial charge in [0, 0.05) is 32.4 Å². The molecule has 0 aliphatic carbocycles. The zero-order valence-corrected chi connectivity index (χ0v) is 12.0. The van der Waals surface area contributed by atoms with Gasteiger partial charge in [-0.15, -0.1) is 0 Å². The molecule has 0 bridgehead atoms. The van der Waals surface area contributed by atoms with E-state index in [1.807, 2.05) is 42.8 Å². The Morgan fingerprint density at radius 3 is 2.53 bits per heavy atom. The quantitative estimate of drug-likeness (QED) is 0.845. The molecule has 2 aromatic rings. The van der Waals surface area contributed by atoms with Crippen LogP contribution in [0.1, 0.15) is 12.7 Å². The van der Waals surface area contributed by atoms with Gasteiger partial charge in [0.25, 0.3) is 0 Å². The Morgan fingerprint density at radius 2 is 1.95 bits per heavy atom. The Bertz CT molecular complexity index is 614. The zero-order valence-electron chi connectivity index (χ0n) is 12.0. The first-order chi connectivity index (χ1) is 9.17. The van der Waals surface area contributed by atoms with Crippen LogP contribution < -0.4 is 10.4 Å². The van der Waals surface area contributed by atoms with Crippen LogP contribution in [0.4, 0.5) is 11.5 Å². The molecule has 1 aromatic carbocycles. The van der Waals surface area contributed by atoms with Gasteiger partial charge in [-0.1, -0.05) is 18.2 Å². The average Bonchev–Trinajstić information content (AvgIpc) is 2.44. The van der Waals surface area contributed by atoms with E-state index in [1.54, 1.807) is 7.05 Å². The van der Waals surface area contributed by atoms with Crippen LogP contribution >= 0.6 is 0 Å². The van der Waals surface area contributed by atoms with Crippen LogP contribution in [0.3, 0.4) is 0 Å². The molecule has 100 valence electrons. The van der Waals surface area contributed by atoms with E-state index >= 15 is 0 Å². The van der Waals surface area contributed by atoms with E-state index in [2.05, 4.69) is 33.9 Å². The monoisotopic (exact) mass is 256 g/mol. The van der Waals surface area contributed by atoms with Crippen molar-refractivity contribution in [2.45, 2.75) is 13.8 Å². The molecule has 0 aliphatic heterocycles. The summed E-state index contributed by atoms with van der Waals surface area (Å²) >= 11 is 0. The van der Waals surface area contributed by atoms with Crippen LogP contribution in [0, 0.1) is 6.92 Å². The first kappa shape index (κ1) is 13.3. The van der Waals surface area contributed by atoms with Gasteiger partial charge in [0.2, 0.25) is 0 Å². The van der Waals surface area contributed by atoms with Gasteiger partial charge in [-0.2, -0.15) is 0 Å². The Labute approximate surface area is 114 Å². The molecule has 0 unspecified atom stereocenters. The summed E-state index contributed by atoms with van der Waals surface area (Å²) in [5, 5.41) is 0. The molecule has 0 amide bonds. The molecule has 0 spiro atoms. The van der Waals surface area contributed by atoms with Crippen molar-refractivity contribution >= 4 is 11.5 Å². The summed E-state index contributed by atoms with van der Waals surface area (Å²) in [6.07, 6.45) is 0. The minimum absolute atomic E-state index is 0.868. The van der Waals surface area contributed by atoms with E-state index in [4.69, 9.17) is 0 Å². The number of aromatic nitrogens is 2. The Balaban J connectivity index is 2.54. The summed E-state index contributed by atoms with van der Waals surface area (Å²) in [4.78, 5) is 11.1. The van der Waals surface area contributed by atoms with Gasteiger partial charge < -0.3 is 9.47 Å². The third-order valence-electron chi connectivity index (χ3n) is 3.25. The van der Waals surface area contributed by atoms with Gasteiger partial charge in [-0.25, -0.2) is 4.98 Å². The van der Waals surface area contributed by atoms with Crippen LogP contribution in [0.15, 0.2) is 41.4 Å². The van der Waals surface area contributed by atoms with Crippen molar-refractivity contribution in [3.63, 3.8) is 0 Å². The van der Waals surface area contributed by atoms with Crippen LogP contribution in [0.5, 0.6) is 0 Å². The maximum absolute atomic E-state index is 4.66. The number of para-hydroxylation sites is 1. The van der Waals surface area contributed by atoms with E-state index < -0.39 is 0 Å². The number of aryl methyl sites for hydroxylation is 1. The van der Waals surface area contributed by atoms with Crippen molar-refractivity contribution in [2.24, 2.45) is 12.0 Å². The van der Waals surface area contributed by atoms with Crippen molar-refractivity contribution < 1.29 is 0 Å². The summed E-state index contributed by atoms with van der Waals surface area (Å²) in [6, 6.07) is 12.3. The molecule has 0 atom stereocenters. The molecule has 0 saturated heterocycles. The fourth-order valence-electron chi connectivity index (χ4n) is 2.09. The zero-order chi connectivity index (χ0) is 13.8. The molecule has 0 N–H and O–H groups in total. The van der Waals surface area contributed by atoms with E-state index in [0.717, 1.165) is 29.4 Å². The number of benzene rings is 1. The molecule has 0 saturated carbocycles. The van der Waals surface area contributed by atoms with E-state index in [1.165, 1.54) is 0 Å². The van der Waals surface area contributed by atoms with Crippen LogP contribution in [-0.2, 0) is 7.05 Å². The highest BCUT2D eigenvalue weighted by Gasteiger charge is 2.10. The van der Waals surface area contributed by atoms with Gasteiger partial charge in [-0.3, -0.25) is 4.99 Å². The van der Waals surface area contributed by atoms with Crippen molar-refractivity contribution in [3.05, 3.63) is 47.7 Å². The van der Waals surface area contributed by atoms with E-state index in [9.17, 15) is 0 Å². The SMILES string of the molecule is CCN(c1ccccc1)c1cc(=NC)n(C)c(C)n1. The predicted molar refractivity (Wildman–Crippen MR) is 78.6 cm³/mol. The topological polar surface area (TPSA) is 33.4 Å². The summed E-state index contributed by atoms with van der Waals surface area (Å²) < 4.78 is 1.99. The maximum Gasteiger partial charge on any atom is 0.138 e. The first-order valence-electron chi connectivity index (χ1n) is 6.47. The molecule has 1 heterocycles. The average molecular weight is 256 g/mol. The summed E-state index contributed by atoms with van der Waals surface area (Å²) in [6.45, 7) is 4.99. The largest absolute Gasteiger partial charge is 0.326 e. The highest BCUT2D eigenvalue weighted by Crippen LogP contribution is 2.21. The third kappa shape index (κ3) is 2.67. The summed E-state index contributed by atoms with van der Waals surface area (Å²) in [5.41, 5.74) is 2.07. The minimum atomic E-state index is 0.868. The number of hydrogen-bond acceptors (Lipinski definition) is 3. The molecule has 0 radical (unpaired) electrons. The van der Waals surface area contributed by atoms with Crippen molar-refractivity contribution in [2.75, 3.05) is 18.5 Å². The Hall–Kier alpha value is -2.10. The lowest BCUT2D eigenvalue weighted by Crippen LogP contribution is -2.26. The number of hydrogen-bond donors (Lipinski definition) is 0. The molecular weight excluding hydrogens is 236 g/mol. The van der Waals surface area contributed by atoms with Gasteiger partial charge in [0.1, 0.15) is 17.1 Å². The molecule has 19 heavy (non-hydrogen) atoms. The summed E-state index contributed by atoms with van der Waals surface area (Å²) in [5.74, 6) is 1.89. The molecule has 0 fully saturated rings. The molecule has 0 aliphatic rings. The molecule has 4 heteroatoms. The second-order valence-electron chi connectivity index (χ2n) is 4.38. The van der Waals surface area contributed by atoms with Gasteiger partial charge in [-0.05, 0) is 26.0 Å². The predicted octanol–water partition coefficient (Wildman–Crippen LogP) is 2.42. The highest BCUT2D eigenvalue weighted by molar-refractivity contribution is 5.59. The van der Waals surface area contributed by atoms with Crippen LogP contribution in [0.2, 0.25) is 0 Å². The lowest BCUT2D eigenvalue weighted by Gasteiger charge is -2.23. The molecule has 2 rings (SSSR count). The Morgan fingerprint density at radius 1 is 1.26 bits per heavy atom. The smallest absolute Gasteiger partial charge is 0.138 e. The summed E-state index contributed by atoms with van der Waals surface area (Å²) in [7, 11) is 3.78. The highest BCUT2D eigenvalue weighted by atomic mass is 15.2. The van der Waals surface area contributed by atoms with Crippen molar-refractivity contribution in [3.8, 4) is 0 Å². The second kappa shape index (κ2) is 5.69. The fourth-order valence-corrected chi connectivity index (χ4v) is 2.09. The van der Waals surface area contributed by atoms with E-state index in [-0.39, 0.29) is 0 Å². The number of nitrogens with zero attached hydrogens (tertiary/aromatic N) is 4. The normalized spacial score (nSPS) is 11.7. The van der Waals surface area contributed by atoms with Crippen LogP contribution in [-0.4, -0.2) is 23.1 Å². The Kier molecular flexibility index (Phi) is 4.00. The third-order valence-corrected chi connectivity index (χ3v) is 3.25. The molecular formula is C15H20N4. The number of anilines is 2. The van der Waals surface area contributed by atoms with Gasteiger partial charge in [0.05, 0.1) is 0 Å². The standard InChI is InChI=1S/C15H20N4/c1-5-19(13-9-7-6-8-10-13)15-11-14(16-3)18(4)12(2)17-15/h6-11H,5H2,1-4H3. The minimum Gasteiger partial charge on any atom is -0.326 e. The van der Waals surface area contributed by atoms with Gasteiger partial charge in [0.15, 0.2) is 0 Å². The fraction of sp³-hybridized carbons (Fsp3) is 0.333.